The van der Waals surface area contributed by atoms with Crippen LogP contribution in [0.25, 0.3) is 0 Å². The van der Waals surface area contributed by atoms with E-state index in [4.69, 9.17) is 17.0 Å². The molecule has 100 valence electrons. The molecule has 0 spiro atoms. The van der Waals surface area contributed by atoms with Gasteiger partial charge in [0.2, 0.25) is 0 Å². The number of hydrogen-bond acceptors (Lipinski definition) is 4. The van der Waals surface area contributed by atoms with Crippen LogP contribution in [0.15, 0.2) is 30.3 Å². The van der Waals surface area contributed by atoms with Crippen LogP contribution >= 0.6 is 7.14 Å². The van der Waals surface area contributed by atoms with E-state index in [-0.39, 0.29) is 18.1 Å². The van der Waals surface area contributed by atoms with Crippen molar-refractivity contribution in [1.82, 2.24) is 0 Å². The van der Waals surface area contributed by atoms with E-state index in [0.717, 1.165) is 0 Å². The lowest BCUT2D eigenvalue weighted by Crippen LogP contribution is -2.16. The van der Waals surface area contributed by atoms with Crippen LogP contribution in [-0.4, -0.2) is 26.2 Å². The second kappa shape index (κ2) is 6.48. The van der Waals surface area contributed by atoms with Gasteiger partial charge in [-0.15, -0.1) is 12.8 Å². The predicted molar refractivity (Wildman–Crippen MR) is 75.9 cm³/mol. The first-order valence-electron chi connectivity index (χ1n) is 5.32. The Labute approximate surface area is 113 Å². The number of benzene rings is 1. The zero-order chi connectivity index (χ0) is 14.4. The molecule has 0 saturated carbocycles. The number of terminal acetylenes is 2. The molecule has 0 N–H and O–H groups in total. The van der Waals surface area contributed by atoms with Crippen molar-refractivity contribution < 1.29 is 17.2 Å². The molecule has 0 fully saturated rings. The Morgan fingerprint density at radius 1 is 1.11 bits per heavy atom. The van der Waals surface area contributed by atoms with Gasteiger partial charge in [0.05, 0.1) is 12.3 Å². The SMILES string of the molecule is C#CCP(=O)(CC#C)CS(=O)(=O)Oc1ccccc1. The predicted octanol–water partition coefficient (Wildman–Crippen LogP) is 1.98. The van der Waals surface area contributed by atoms with Gasteiger partial charge < -0.3 is 8.75 Å². The molecule has 1 rings (SSSR count). The summed E-state index contributed by atoms with van der Waals surface area (Å²) in [6.45, 7) is 0. The van der Waals surface area contributed by atoms with Gasteiger partial charge in [0, 0.05) is 0 Å². The van der Waals surface area contributed by atoms with Gasteiger partial charge in [0.15, 0.2) is 0 Å². The first-order valence-corrected chi connectivity index (χ1v) is 9.16. The highest BCUT2D eigenvalue weighted by Crippen LogP contribution is 2.45. The average molecular weight is 296 g/mol. The monoisotopic (exact) mass is 296 g/mol. The highest BCUT2D eigenvalue weighted by Gasteiger charge is 2.29. The van der Waals surface area contributed by atoms with Crippen molar-refractivity contribution in [1.29, 1.82) is 0 Å². The van der Waals surface area contributed by atoms with Crippen molar-refractivity contribution in [2.75, 3.05) is 17.8 Å². The van der Waals surface area contributed by atoms with E-state index < -0.39 is 22.8 Å². The van der Waals surface area contributed by atoms with Gasteiger partial charge in [-0.25, -0.2) is 0 Å². The summed E-state index contributed by atoms with van der Waals surface area (Å²) in [5.41, 5.74) is -0.650. The third kappa shape index (κ3) is 5.22. The minimum Gasteiger partial charge on any atom is -0.382 e. The second-order valence-corrected chi connectivity index (χ2v) is 8.93. The van der Waals surface area contributed by atoms with Crippen molar-refractivity contribution in [3.05, 3.63) is 30.3 Å². The summed E-state index contributed by atoms with van der Waals surface area (Å²) >= 11 is 0. The third-order valence-electron chi connectivity index (χ3n) is 2.12. The highest BCUT2D eigenvalue weighted by molar-refractivity contribution is 7.95. The summed E-state index contributed by atoms with van der Waals surface area (Å²) in [5.74, 6) is 4.56. The molecule has 0 heterocycles. The van der Waals surface area contributed by atoms with E-state index in [1.165, 1.54) is 12.1 Å². The van der Waals surface area contributed by atoms with Crippen LogP contribution in [0.1, 0.15) is 0 Å². The number of rotatable bonds is 6. The van der Waals surface area contributed by atoms with Gasteiger partial charge in [0.1, 0.15) is 18.4 Å². The molecular weight excluding hydrogens is 283 g/mol. The van der Waals surface area contributed by atoms with Crippen LogP contribution < -0.4 is 4.18 Å². The van der Waals surface area contributed by atoms with Crippen molar-refractivity contribution in [2.24, 2.45) is 0 Å². The third-order valence-corrected chi connectivity index (χ3v) is 7.23. The van der Waals surface area contributed by atoms with E-state index in [9.17, 15) is 13.0 Å². The maximum Gasteiger partial charge on any atom is 0.316 e. The van der Waals surface area contributed by atoms with Crippen LogP contribution in [-0.2, 0) is 14.7 Å². The molecule has 1 aromatic rings. The summed E-state index contributed by atoms with van der Waals surface area (Å²) in [5, 5.41) is 0. The maximum atomic E-state index is 12.3. The quantitative estimate of drug-likeness (QED) is 0.457. The maximum absolute atomic E-state index is 12.3. The molecule has 0 saturated heterocycles. The summed E-state index contributed by atoms with van der Waals surface area (Å²) in [6, 6.07) is 7.97. The Kier molecular flexibility index (Phi) is 5.24. The molecule has 0 atom stereocenters. The van der Waals surface area contributed by atoms with Crippen LogP contribution in [0.4, 0.5) is 0 Å². The van der Waals surface area contributed by atoms with Crippen LogP contribution in [0.2, 0.25) is 0 Å². The first-order chi connectivity index (χ1) is 8.91. The number of para-hydroxylation sites is 1. The lowest BCUT2D eigenvalue weighted by Gasteiger charge is -2.13. The van der Waals surface area contributed by atoms with Crippen molar-refractivity contribution in [3.63, 3.8) is 0 Å². The van der Waals surface area contributed by atoms with E-state index in [2.05, 4.69) is 11.8 Å². The molecule has 4 nitrogen and oxygen atoms in total. The fraction of sp³-hybridized carbons (Fsp3) is 0.231. The fourth-order valence-electron chi connectivity index (χ4n) is 1.42. The molecule has 1 aromatic carbocycles. The molecule has 0 amide bonds. The first kappa shape index (κ1) is 15.4. The Bertz CT molecular complexity index is 630. The summed E-state index contributed by atoms with van der Waals surface area (Å²) in [7, 11) is -7.15. The lowest BCUT2D eigenvalue weighted by atomic mass is 10.3. The zero-order valence-electron chi connectivity index (χ0n) is 10.2. The minimum absolute atomic E-state index is 0.158. The molecule has 6 heteroatoms. The highest BCUT2D eigenvalue weighted by atomic mass is 32.2. The Balaban J connectivity index is 2.88. The lowest BCUT2D eigenvalue weighted by molar-refractivity contribution is 0.490. The molecule has 0 aliphatic heterocycles. The van der Waals surface area contributed by atoms with Crippen molar-refractivity contribution in [3.8, 4) is 30.4 Å². The van der Waals surface area contributed by atoms with Gasteiger partial charge >= 0.3 is 10.1 Å². The summed E-state index contributed by atoms with van der Waals surface area (Å²) in [4.78, 5) is 0. The van der Waals surface area contributed by atoms with Crippen LogP contribution in [0, 0.1) is 24.7 Å². The van der Waals surface area contributed by atoms with E-state index in [0.29, 0.717) is 0 Å². The van der Waals surface area contributed by atoms with Gasteiger partial charge in [-0.2, -0.15) is 8.42 Å². The van der Waals surface area contributed by atoms with Gasteiger partial charge in [-0.1, -0.05) is 30.0 Å². The van der Waals surface area contributed by atoms with E-state index >= 15 is 0 Å². The zero-order valence-corrected chi connectivity index (χ0v) is 11.9. The molecule has 0 aliphatic rings. The normalized spacial score (nSPS) is 11.3. The molecule has 0 unspecified atom stereocenters. The molecule has 0 aromatic heterocycles. The molecule has 0 radical (unpaired) electrons. The number of hydrogen-bond donors (Lipinski definition) is 0. The van der Waals surface area contributed by atoms with Gasteiger partial charge in [-0.05, 0) is 12.1 Å². The molecule has 0 aliphatic carbocycles. The van der Waals surface area contributed by atoms with Crippen LogP contribution in [0.5, 0.6) is 5.75 Å². The topological polar surface area (TPSA) is 60.4 Å². The molecule has 19 heavy (non-hydrogen) atoms. The van der Waals surface area contributed by atoms with Crippen molar-refractivity contribution >= 4 is 17.3 Å². The smallest absolute Gasteiger partial charge is 0.316 e. The Morgan fingerprint density at radius 2 is 1.63 bits per heavy atom. The Morgan fingerprint density at radius 3 is 2.11 bits per heavy atom. The van der Waals surface area contributed by atoms with Crippen LogP contribution in [0.3, 0.4) is 0 Å². The summed E-state index contributed by atoms with van der Waals surface area (Å²) in [6.07, 6.45) is 9.86. The summed E-state index contributed by atoms with van der Waals surface area (Å²) < 4.78 is 40.8. The largest absolute Gasteiger partial charge is 0.382 e. The molecular formula is C13H13O4PS. The van der Waals surface area contributed by atoms with E-state index in [1.54, 1.807) is 18.2 Å². The Hall–Kier alpha value is -1.68. The van der Waals surface area contributed by atoms with Gasteiger partial charge in [-0.3, -0.25) is 0 Å². The fourth-order valence-corrected chi connectivity index (χ4v) is 5.85. The molecule has 0 bridgehead atoms. The second-order valence-electron chi connectivity index (χ2n) is 3.87. The minimum atomic E-state index is -3.99. The van der Waals surface area contributed by atoms with Gasteiger partial charge in [0.25, 0.3) is 0 Å². The standard InChI is InChI=1S/C13H13O4PS/c1-3-10-18(14,11-4-2)12-19(15,16)17-13-8-6-5-7-9-13/h1-2,5-9H,10-12H2. The average Bonchev–Trinajstić information content (AvgIpc) is 2.28. The van der Waals surface area contributed by atoms with Crippen molar-refractivity contribution in [2.45, 2.75) is 0 Å². The van der Waals surface area contributed by atoms with E-state index in [1.807, 2.05) is 0 Å².